The van der Waals surface area contributed by atoms with Crippen LogP contribution < -0.4 is 29.4 Å². The molecule has 0 radical (unpaired) electrons. The third-order valence-corrected chi connectivity index (χ3v) is 2.84. The van der Waals surface area contributed by atoms with Gasteiger partial charge in [0.05, 0.1) is 13.2 Å². The summed E-state index contributed by atoms with van der Waals surface area (Å²) in [5, 5.41) is 87.1. The summed E-state index contributed by atoms with van der Waals surface area (Å²) >= 11 is 0. The number of aliphatic hydroxyl groups is 10. The average Bonchev–Trinajstić information content (AvgIpc) is 2.72. The number of rotatable bonds is 10. The number of carbonyl (C=O) groups excluding carboxylic acids is 2. The van der Waals surface area contributed by atoms with Crippen molar-refractivity contribution in [1.82, 2.24) is 0 Å². The Morgan fingerprint density at radius 3 is 0.784 bits per heavy atom. The van der Waals surface area contributed by atoms with Crippen molar-refractivity contribution in [1.29, 1.82) is 0 Å². The van der Waals surface area contributed by atoms with Crippen LogP contribution >= 0.6 is 15.6 Å². The van der Waals surface area contributed by atoms with E-state index in [1.54, 1.807) is 0 Å². The second-order valence-electron chi connectivity index (χ2n) is 5.61. The van der Waals surface area contributed by atoms with Gasteiger partial charge in [0, 0.05) is 0 Å². The second-order valence-corrected chi connectivity index (χ2v) is 7.40. The van der Waals surface area contributed by atoms with Gasteiger partial charge in [-0.1, -0.05) is 0 Å². The van der Waals surface area contributed by atoms with E-state index >= 15 is 0 Å². The molecule has 0 amide bonds. The number of phosphoric acid groups is 2. The Kier molecular flexibility index (Phi) is 45.9. The van der Waals surface area contributed by atoms with Crippen molar-refractivity contribution in [3.8, 4) is 0 Å². The molecule has 0 fully saturated rings. The molecule has 0 saturated heterocycles. The first-order valence-electron chi connectivity index (χ1n) is 8.11. The molecule has 20 nitrogen and oxygen atoms in total. The number of hydrogen-bond donors (Lipinski definition) is 10. The monoisotopic (exact) mass is 670 g/mol. The number of aldehydes is 2. The Labute approximate surface area is 298 Å². The van der Waals surface area contributed by atoms with Crippen LogP contribution in [0.25, 0.3) is 0 Å². The van der Waals surface area contributed by atoms with E-state index in [1.165, 1.54) is 0 Å². The van der Waals surface area contributed by atoms with Gasteiger partial charge in [-0.25, -0.2) is 0 Å². The molecule has 10 N–H and O–H groups in total. The summed E-state index contributed by atoms with van der Waals surface area (Å²) in [6.07, 6.45) is -13.7. The quantitative estimate of drug-likeness (QED) is 0.0585. The zero-order valence-corrected chi connectivity index (χ0v) is 27.2. The van der Waals surface area contributed by atoms with Gasteiger partial charge in [-0.15, -0.1) is 0 Å². The first kappa shape index (κ1) is 55.8. The van der Waals surface area contributed by atoms with Crippen LogP contribution in [0, 0.1) is 0 Å². The Morgan fingerprint density at radius 1 is 0.514 bits per heavy atom. The zero-order chi connectivity index (χ0) is 28.4. The van der Waals surface area contributed by atoms with Gasteiger partial charge in [0.1, 0.15) is 48.8 Å². The van der Waals surface area contributed by atoms with Crippen molar-refractivity contribution >= 4 is 141 Å². The molecule has 0 aromatic rings. The van der Waals surface area contributed by atoms with Crippen LogP contribution in [-0.2, 0) is 18.7 Å². The molecule has 0 bridgehead atoms. The summed E-state index contributed by atoms with van der Waals surface area (Å²) in [4.78, 5) is 71.1. The summed E-state index contributed by atoms with van der Waals surface area (Å²) in [5.41, 5.74) is 0. The van der Waals surface area contributed by atoms with E-state index in [9.17, 15) is 9.59 Å². The van der Waals surface area contributed by atoms with E-state index in [2.05, 4.69) is 0 Å². The van der Waals surface area contributed by atoms with Gasteiger partial charge in [0.15, 0.2) is 12.6 Å². The third-order valence-electron chi connectivity index (χ3n) is 2.84. The standard InChI is InChI=1S/2C6H12O6.3Ca.2H3O4P/c2*7-1-3(9)5(11)6(12)4(10)2-8;;;;2*1-5(2,3)4/h2*1,3-6,8-12H,2H2;;;;2*(H3,1,2,3,4)/q;;3*+2;;/p-6. The zero-order valence-electron chi connectivity index (χ0n) is 18.8. The molecule has 0 aromatic carbocycles. The van der Waals surface area contributed by atoms with Gasteiger partial charge < -0.3 is 99.1 Å². The molecule has 0 spiro atoms. The molecule has 0 aromatic heterocycles. The smallest absolute Gasteiger partial charge is 0.822 e. The minimum absolute atomic E-state index is 0. The molecule has 0 aliphatic heterocycles. The first-order chi connectivity index (χ1) is 15.1. The molecule has 0 saturated carbocycles. The Balaban J connectivity index is -0.0000000678. The van der Waals surface area contributed by atoms with Crippen LogP contribution in [0.4, 0.5) is 0 Å². The summed E-state index contributed by atoms with van der Waals surface area (Å²) in [6, 6.07) is 0. The maximum atomic E-state index is 9.90. The van der Waals surface area contributed by atoms with Crippen molar-refractivity contribution in [2.75, 3.05) is 13.2 Å². The molecule has 25 heteroatoms. The van der Waals surface area contributed by atoms with Gasteiger partial charge >= 0.3 is 113 Å². The molecule has 0 heterocycles. The minimum Gasteiger partial charge on any atom is -0.822 e. The van der Waals surface area contributed by atoms with E-state index in [0.29, 0.717) is 0 Å². The van der Waals surface area contributed by atoms with Crippen LogP contribution in [0.1, 0.15) is 0 Å². The fourth-order valence-electron chi connectivity index (χ4n) is 1.24. The SMILES string of the molecule is O=CC(O)C(O)C(O)C(O)CO.O=CC(O)C(O)C(O)C(O)CO.O=P([O-])([O-])[O-].O=P([O-])([O-])[O-].[Ca+2].[Ca+2].[Ca+2]. The normalized spacial score (nSPS) is 16.9. The summed E-state index contributed by atoms with van der Waals surface area (Å²) in [7, 11) is -10.8. The fourth-order valence-corrected chi connectivity index (χ4v) is 1.24. The van der Waals surface area contributed by atoms with Crippen LogP contribution in [0.3, 0.4) is 0 Å². The van der Waals surface area contributed by atoms with Crippen LogP contribution in [0.2, 0.25) is 0 Å². The Morgan fingerprint density at radius 2 is 0.676 bits per heavy atom. The summed E-state index contributed by atoms with van der Waals surface area (Å²) in [6.45, 7) is -1.52. The van der Waals surface area contributed by atoms with E-state index in [4.69, 9.17) is 89.6 Å². The Bertz CT molecular complexity index is 553. The summed E-state index contributed by atoms with van der Waals surface area (Å²) in [5.74, 6) is 0. The molecule has 0 aliphatic carbocycles. The molecule has 8 atom stereocenters. The summed E-state index contributed by atoms with van der Waals surface area (Å²) < 4.78 is 17.1. The van der Waals surface area contributed by atoms with Gasteiger partial charge in [-0.2, -0.15) is 15.6 Å². The first-order valence-corrected chi connectivity index (χ1v) is 11.0. The van der Waals surface area contributed by atoms with E-state index < -0.39 is 77.7 Å². The van der Waals surface area contributed by atoms with Gasteiger partial charge in [-0.05, 0) is 0 Å². The van der Waals surface area contributed by atoms with Crippen molar-refractivity contribution in [2.45, 2.75) is 48.8 Å². The maximum Gasteiger partial charge on any atom is 2.00 e. The van der Waals surface area contributed by atoms with Crippen LogP contribution in [0.15, 0.2) is 0 Å². The third kappa shape index (κ3) is 43.5. The molecule has 0 rings (SSSR count). The van der Waals surface area contributed by atoms with Crippen molar-refractivity contribution < 1.29 is 99.1 Å². The van der Waals surface area contributed by atoms with Crippen molar-refractivity contribution in [2.24, 2.45) is 0 Å². The van der Waals surface area contributed by atoms with Crippen LogP contribution in [0.5, 0.6) is 0 Å². The number of aliphatic hydroxyl groups excluding tert-OH is 10. The van der Waals surface area contributed by atoms with Gasteiger partial charge in [0.2, 0.25) is 0 Å². The topological polar surface area (TPSA) is 409 Å². The average molecular weight is 670 g/mol. The fraction of sp³-hybridized carbons (Fsp3) is 0.833. The van der Waals surface area contributed by atoms with E-state index in [0.717, 1.165) is 0 Å². The van der Waals surface area contributed by atoms with Crippen molar-refractivity contribution in [3.05, 3.63) is 0 Å². The maximum absolute atomic E-state index is 9.90. The predicted octanol–water partition coefficient (Wildman–Crippen LogP) is -13.5. The van der Waals surface area contributed by atoms with Crippen molar-refractivity contribution in [3.63, 3.8) is 0 Å². The number of carbonyl (C=O) groups is 2. The molecule has 0 aliphatic rings. The molecule has 37 heavy (non-hydrogen) atoms. The molecular formula is C12H24Ca3O20P2. The van der Waals surface area contributed by atoms with Gasteiger partial charge in [0.25, 0.3) is 0 Å². The van der Waals surface area contributed by atoms with Crippen LogP contribution in [-0.4, -0.2) is 239 Å². The molecular weight excluding hydrogens is 646 g/mol. The van der Waals surface area contributed by atoms with E-state index in [1.807, 2.05) is 0 Å². The second kappa shape index (κ2) is 30.4. The largest absolute Gasteiger partial charge is 2.00 e. The molecule has 8 unspecified atom stereocenters. The van der Waals surface area contributed by atoms with Gasteiger partial charge in [-0.3, -0.25) is 0 Å². The minimum atomic E-state index is -5.39. The number of hydrogen-bond acceptors (Lipinski definition) is 20. The Hall–Kier alpha value is 2.94. The predicted molar refractivity (Wildman–Crippen MR) is 107 cm³/mol. The van der Waals surface area contributed by atoms with E-state index in [-0.39, 0.29) is 126 Å². The molecule has 208 valence electrons.